The molecule has 208 valence electrons. The number of anilines is 1. The zero-order valence-corrected chi connectivity index (χ0v) is 23.9. The van der Waals surface area contributed by atoms with Gasteiger partial charge in [0.2, 0.25) is 0 Å². The Kier molecular flexibility index (Phi) is 8.55. The van der Waals surface area contributed by atoms with Crippen LogP contribution in [0.15, 0.2) is 108 Å². The molecule has 0 saturated carbocycles. The van der Waals surface area contributed by atoms with Gasteiger partial charge < -0.3 is 19.5 Å². The number of para-hydroxylation sites is 1. The number of hydrazine groups is 1. The van der Waals surface area contributed by atoms with Crippen molar-refractivity contribution < 1.29 is 23.8 Å². The Balaban J connectivity index is 1.45. The van der Waals surface area contributed by atoms with E-state index >= 15 is 0 Å². The number of rotatable bonds is 10. The number of hydrogen-bond acceptors (Lipinski definition) is 6. The Morgan fingerprint density at radius 2 is 1.80 bits per heavy atom. The number of ether oxygens (including phenoxy) is 3. The molecule has 0 spiro atoms. The summed E-state index contributed by atoms with van der Waals surface area (Å²) in [6, 6.07) is 27.1. The van der Waals surface area contributed by atoms with E-state index in [1.165, 1.54) is 5.01 Å². The molecule has 0 aromatic heterocycles. The minimum Gasteiger partial charge on any atom is -0.497 e. The van der Waals surface area contributed by atoms with Gasteiger partial charge in [0.15, 0.2) is 6.17 Å². The van der Waals surface area contributed by atoms with Gasteiger partial charge in [-0.3, -0.25) is 15.0 Å². The van der Waals surface area contributed by atoms with Crippen molar-refractivity contribution in [2.24, 2.45) is 0 Å². The van der Waals surface area contributed by atoms with E-state index in [0.29, 0.717) is 40.5 Å². The van der Waals surface area contributed by atoms with Crippen LogP contribution in [0.4, 0.5) is 5.69 Å². The molecule has 0 aliphatic carbocycles. The number of benzene rings is 4. The molecule has 4 aromatic rings. The van der Waals surface area contributed by atoms with Gasteiger partial charge in [-0.15, -0.1) is 0 Å². The van der Waals surface area contributed by atoms with Crippen LogP contribution in [-0.2, 0) is 6.61 Å². The fraction of sp³-hybridized carbons (Fsp3) is 0.125. The molecule has 4 aromatic carbocycles. The number of nitrogens with zero attached hydrogens (tertiary/aromatic N) is 1. The average Bonchev–Trinajstić information content (AvgIpc) is 3.01. The van der Waals surface area contributed by atoms with E-state index in [0.717, 1.165) is 15.8 Å². The summed E-state index contributed by atoms with van der Waals surface area (Å²) in [6.07, 6.45) is 0.890. The molecule has 2 N–H and O–H groups in total. The lowest BCUT2D eigenvalue weighted by Crippen LogP contribution is -2.53. The molecular formula is C32H28BrN3O5. The highest BCUT2D eigenvalue weighted by molar-refractivity contribution is 9.10. The van der Waals surface area contributed by atoms with Gasteiger partial charge in [-0.05, 0) is 66.2 Å². The number of amides is 2. The number of fused-ring (bicyclic) bond motifs is 1. The first kappa shape index (κ1) is 27.8. The highest BCUT2D eigenvalue weighted by atomic mass is 79.9. The van der Waals surface area contributed by atoms with Crippen LogP contribution in [0.5, 0.6) is 17.2 Å². The van der Waals surface area contributed by atoms with Crippen molar-refractivity contribution in [1.29, 1.82) is 0 Å². The lowest BCUT2D eigenvalue weighted by Gasteiger charge is -2.38. The maximum Gasteiger partial charge on any atom is 0.276 e. The molecule has 1 atom stereocenters. The predicted octanol–water partition coefficient (Wildman–Crippen LogP) is 6.51. The molecule has 1 unspecified atom stereocenters. The first-order chi connectivity index (χ1) is 20.0. The second-order valence-corrected chi connectivity index (χ2v) is 10.1. The number of nitrogens with one attached hydrogen (secondary N) is 2. The zero-order chi connectivity index (χ0) is 28.8. The van der Waals surface area contributed by atoms with Crippen molar-refractivity contribution in [3.63, 3.8) is 0 Å². The van der Waals surface area contributed by atoms with Gasteiger partial charge >= 0.3 is 0 Å². The summed E-state index contributed by atoms with van der Waals surface area (Å²) < 4.78 is 17.8. The van der Waals surface area contributed by atoms with Crippen LogP contribution in [-0.4, -0.2) is 30.5 Å². The largest absolute Gasteiger partial charge is 0.497 e. The van der Waals surface area contributed by atoms with Gasteiger partial charge in [-0.25, -0.2) is 5.01 Å². The summed E-state index contributed by atoms with van der Waals surface area (Å²) in [5.74, 6) is 1.08. The summed E-state index contributed by atoms with van der Waals surface area (Å²) in [5.41, 5.74) is 5.83. The number of halogens is 1. The second kappa shape index (κ2) is 12.6. The van der Waals surface area contributed by atoms with Crippen LogP contribution < -0.4 is 25.0 Å². The van der Waals surface area contributed by atoms with E-state index in [-0.39, 0.29) is 12.5 Å². The summed E-state index contributed by atoms with van der Waals surface area (Å²) in [7, 11) is 1.62. The fourth-order valence-corrected chi connectivity index (χ4v) is 4.76. The fourth-order valence-electron chi connectivity index (χ4n) is 4.40. The van der Waals surface area contributed by atoms with Crippen LogP contribution in [0.1, 0.15) is 38.0 Å². The molecule has 0 radical (unpaired) electrons. The minimum atomic E-state index is -0.753. The molecule has 1 aliphatic heterocycles. The molecule has 2 amide bonds. The molecule has 1 heterocycles. The topological polar surface area (TPSA) is 89.1 Å². The Bertz CT molecular complexity index is 1570. The first-order valence-electron chi connectivity index (χ1n) is 12.9. The van der Waals surface area contributed by atoms with Crippen molar-refractivity contribution in [3.05, 3.63) is 130 Å². The summed E-state index contributed by atoms with van der Waals surface area (Å²) >= 11 is 3.44. The SMILES string of the molecule is C=CCOc1ccc(C(=O)NN2C(=O)c3cc(Br)ccc3NC2c2ccccc2OCc2cccc(OC)c2)cc1. The lowest BCUT2D eigenvalue weighted by molar-refractivity contribution is 0.0487. The summed E-state index contributed by atoms with van der Waals surface area (Å²) in [5, 5.41) is 4.71. The quantitative estimate of drug-likeness (QED) is 0.198. The Morgan fingerprint density at radius 3 is 2.59 bits per heavy atom. The molecule has 5 rings (SSSR count). The van der Waals surface area contributed by atoms with Gasteiger partial charge in [0.1, 0.15) is 30.5 Å². The second-order valence-electron chi connectivity index (χ2n) is 9.15. The zero-order valence-electron chi connectivity index (χ0n) is 22.3. The Morgan fingerprint density at radius 1 is 1.00 bits per heavy atom. The van der Waals surface area contributed by atoms with Gasteiger partial charge in [0.25, 0.3) is 11.8 Å². The number of hydrogen-bond donors (Lipinski definition) is 2. The van der Waals surface area contributed by atoms with Gasteiger partial charge in [0.05, 0.1) is 12.7 Å². The van der Waals surface area contributed by atoms with Crippen LogP contribution in [0, 0.1) is 0 Å². The van der Waals surface area contributed by atoms with Gasteiger partial charge in [-0.2, -0.15) is 0 Å². The molecule has 9 heteroatoms. The molecule has 0 fully saturated rings. The van der Waals surface area contributed by atoms with Crippen LogP contribution in [0.3, 0.4) is 0 Å². The smallest absolute Gasteiger partial charge is 0.276 e. The third-order valence-corrected chi connectivity index (χ3v) is 6.92. The Labute approximate surface area is 246 Å². The molecular weight excluding hydrogens is 586 g/mol. The average molecular weight is 614 g/mol. The first-order valence-corrected chi connectivity index (χ1v) is 13.6. The minimum absolute atomic E-state index is 0.283. The van der Waals surface area contributed by atoms with E-state index in [4.69, 9.17) is 14.2 Å². The van der Waals surface area contributed by atoms with E-state index in [2.05, 4.69) is 33.3 Å². The van der Waals surface area contributed by atoms with Gasteiger partial charge in [0, 0.05) is 21.3 Å². The summed E-state index contributed by atoms with van der Waals surface area (Å²) in [4.78, 5) is 27.2. The number of methoxy groups -OCH3 is 1. The molecule has 0 saturated heterocycles. The maximum atomic E-state index is 13.8. The van der Waals surface area contributed by atoms with Crippen LogP contribution >= 0.6 is 15.9 Å². The highest BCUT2D eigenvalue weighted by Crippen LogP contribution is 2.37. The monoisotopic (exact) mass is 613 g/mol. The standard InChI is InChI=1S/C32H28BrN3O5/c1-3-17-40-24-14-11-22(12-15-24)31(37)35-36-30(34-28-16-13-23(33)19-27(28)32(36)38)26-9-4-5-10-29(26)41-20-21-7-6-8-25(18-21)39-2/h3-16,18-19,30,34H,1,17,20H2,2H3,(H,35,37). The van der Waals surface area contributed by atoms with Crippen LogP contribution in [0.25, 0.3) is 0 Å². The molecule has 8 nitrogen and oxygen atoms in total. The molecule has 1 aliphatic rings. The highest BCUT2D eigenvalue weighted by Gasteiger charge is 2.36. The van der Waals surface area contributed by atoms with E-state index in [9.17, 15) is 9.59 Å². The molecule has 41 heavy (non-hydrogen) atoms. The van der Waals surface area contributed by atoms with Gasteiger partial charge in [-0.1, -0.05) is 58.9 Å². The maximum absolute atomic E-state index is 13.8. The normalized spacial score (nSPS) is 14.0. The Hall–Kier alpha value is -4.76. The van der Waals surface area contributed by atoms with E-state index in [1.807, 2.05) is 60.7 Å². The number of carbonyl (C=O) groups is 2. The third kappa shape index (κ3) is 6.36. The van der Waals surface area contributed by atoms with Crippen molar-refractivity contribution in [2.45, 2.75) is 12.8 Å². The van der Waals surface area contributed by atoms with E-state index < -0.39 is 12.1 Å². The molecule has 0 bridgehead atoms. The summed E-state index contributed by atoms with van der Waals surface area (Å²) in [6.45, 7) is 4.28. The number of carbonyl (C=O) groups excluding carboxylic acids is 2. The third-order valence-electron chi connectivity index (χ3n) is 6.43. The van der Waals surface area contributed by atoms with E-state index in [1.54, 1.807) is 43.5 Å². The van der Waals surface area contributed by atoms with Crippen molar-refractivity contribution in [2.75, 3.05) is 19.0 Å². The van der Waals surface area contributed by atoms with Crippen LogP contribution in [0.2, 0.25) is 0 Å². The van der Waals surface area contributed by atoms with Crippen molar-refractivity contribution in [3.8, 4) is 17.2 Å². The van der Waals surface area contributed by atoms with Crippen molar-refractivity contribution >= 4 is 33.4 Å². The predicted molar refractivity (Wildman–Crippen MR) is 160 cm³/mol. The lowest BCUT2D eigenvalue weighted by atomic mass is 10.0. The van der Waals surface area contributed by atoms with Crippen molar-refractivity contribution in [1.82, 2.24) is 10.4 Å².